The lowest BCUT2D eigenvalue weighted by atomic mass is 10.1. The summed E-state index contributed by atoms with van der Waals surface area (Å²) < 4.78 is 10.3. The molecule has 0 fully saturated rings. The van der Waals surface area contributed by atoms with Gasteiger partial charge in [-0.3, -0.25) is 0 Å². The van der Waals surface area contributed by atoms with Gasteiger partial charge in [0.05, 0.1) is 24.8 Å². The van der Waals surface area contributed by atoms with E-state index in [1.54, 1.807) is 19.2 Å². The van der Waals surface area contributed by atoms with Gasteiger partial charge in [0, 0.05) is 25.3 Å². The van der Waals surface area contributed by atoms with E-state index in [0.29, 0.717) is 23.8 Å². The van der Waals surface area contributed by atoms with Crippen LogP contribution in [0.2, 0.25) is 5.02 Å². The number of ether oxygens (including phenoxy) is 2. The summed E-state index contributed by atoms with van der Waals surface area (Å²) in [6.07, 6.45) is 2.08. The average Bonchev–Trinajstić information content (AvgIpc) is 2.47. The molecule has 0 heterocycles. The van der Waals surface area contributed by atoms with Crippen molar-refractivity contribution in [3.63, 3.8) is 0 Å². The Morgan fingerprint density at radius 3 is 2.80 bits per heavy atom. The lowest BCUT2D eigenvalue weighted by Gasteiger charge is -2.07. The van der Waals surface area contributed by atoms with Gasteiger partial charge in [-0.2, -0.15) is 5.26 Å². The van der Waals surface area contributed by atoms with E-state index in [1.807, 2.05) is 6.07 Å². The van der Waals surface area contributed by atoms with Gasteiger partial charge in [0.15, 0.2) is 0 Å². The van der Waals surface area contributed by atoms with Crippen LogP contribution in [0, 0.1) is 11.3 Å². The maximum atomic E-state index is 8.76. The van der Waals surface area contributed by atoms with Gasteiger partial charge in [-0.05, 0) is 37.1 Å². The van der Waals surface area contributed by atoms with E-state index in [2.05, 4.69) is 11.4 Å². The molecule has 20 heavy (non-hydrogen) atoms. The third kappa shape index (κ3) is 6.88. The number of hydrogen-bond acceptors (Lipinski definition) is 4. The maximum absolute atomic E-state index is 8.76. The van der Waals surface area contributed by atoms with Crippen LogP contribution in [0.15, 0.2) is 18.2 Å². The van der Waals surface area contributed by atoms with Crippen molar-refractivity contribution in [2.24, 2.45) is 0 Å². The lowest BCUT2D eigenvalue weighted by Crippen LogP contribution is -2.15. The molecule has 0 bridgehead atoms. The molecule has 0 saturated carbocycles. The topological polar surface area (TPSA) is 54.3 Å². The zero-order valence-electron chi connectivity index (χ0n) is 11.8. The molecule has 0 spiro atoms. The summed E-state index contributed by atoms with van der Waals surface area (Å²) in [7, 11) is 1.67. The number of halogens is 1. The predicted molar refractivity (Wildman–Crippen MR) is 79.8 cm³/mol. The summed E-state index contributed by atoms with van der Waals surface area (Å²) in [6.45, 7) is 3.71. The van der Waals surface area contributed by atoms with Gasteiger partial charge in [-0.1, -0.05) is 17.7 Å². The average molecular weight is 297 g/mol. The number of nitrogens with one attached hydrogen (secondary N) is 1. The Bertz CT molecular complexity index is 432. The van der Waals surface area contributed by atoms with Crippen molar-refractivity contribution in [3.8, 4) is 6.07 Å². The molecule has 0 radical (unpaired) electrons. The number of nitrogens with zero attached hydrogens (tertiary/aromatic N) is 1. The van der Waals surface area contributed by atoms with E-state index in [-0.39, 0.29) is 0 Å². The van der Waals surface area contributed by atoms with E-state index >= 15 is 0 Å². The van der Waals surface area contributed by atoms with Crippen molar-refractivity contribution in [2.45, 2.75) is 19.4 Å². The fourth-order valence-corrected chi connectivity index (χ4v) is 1.93. The Morgan fingerprint density at radius 1 is 1.25 bits per heavy atom. The molecule has 1 rings (SSSR count). The van der Waals surface area contributed by atoms with Crippen LogP contribution in [-0.2, 0) is 16.0 Å². The van der Waals surface area contributed by atoms with E-state index in [4.69, 9.17) is 26.3 Å². The minimum Gasteiger partial charge on any atom is -0.382 e. The fourth-order valence-electron chi connectivity index (χ4n) is 1.68. The van der Waals surface area contributed by atoms with Crippen LogP contribution in [0.4, 0.5) is 0 Å². The Kier molecular flexibility index (Phi) is 9.01. The molecule has 0 aliphatic heterocycles. The summed E-state index contributed by atoms with van der Waals surface area (Å²) in [5.74, 6) is 0. The molecule has 1 aromatic carbocycles. The van der Waals surface area contributed by atoms with Crippen molar-refractivity contribution < 1.29 is 9.47 Å². The van der Waals surface area contributed by atoms with Crippen LogP contribution in [0.5, 0.6) is 0 Å². The second kappa shape index (κ2) is 10.6. The van der Waals surface area contributed by atoms with E-state index < -0.39 is 0 Å². The van der Waals surface area contributed by atoms with Gasteiger partial charge in [0.1, 0.15) is 0 Å². The highest BCUT2D eigenvalue weighted by Gasteiger charge is 2.01. The zero-order chi connectivity index (χ0) is 14.6. The molecule has 0 amide bonds. The minimum absolute atomic E-state index is 0.590. The Labute approximate surface area is 125 Å². The maximum Gasteiger partial charge on any atom is 0.0992 e. The Hall–Kier alpha value is -1.12. The highest BCUT2D eigenvalue weighted by molar-refractivity contribution is 6.31. The molecule has 4 nitrogen and oxygen atoms in total. The molecule has 110 valence electrons. The molecule has 5 heteroatoms. The van der Waals surface area contributed by atoms with Crippen LogP contribution in [0.25, 0.3) is 0 Å². The smallest absolute Gasteiger partial charge is 0.0992 e. The zero-order valence-corrected chi connectivity index (χ0v) is 12.6. The summed E-state index contributed by atoms with van der Waals surface area (Å²) in [4.78, 5) is 0. The molecule has 0 saturated heterocycles. The molecule has 0 aliphatic carbocycles. The first-order valence-electron chi connectivity index (χ1n) is 6.74. The van der Waals surface area contributed by atoms with Crippen molar-refractivity contribution in [1.82, 2.24) is 5.32 Å². The normalized spacial score (nSPS) is 10.4. The predicted octanol–water partition coefficient (Wildman–Crippen LogP) is 2.74. The van der Waals surface area contributed by atoms with Crippen LogP contribution < -0.4 is 5.32 Å². The summed E-state index contributed by atoms with van der Waals surface area (Å²) in [6, 6.07) is 7.44. The Balaban J connectivity index is 2.08. The van der Waals surface area contributed by atoms with Gasteiger partial charge >= 0.3 is 0 Å². The number of benzene rings is 1. The van der Waals surface area contributed by atoms with Crippen molar-refractivity contribution >= 4 is 11.6 Å². The van der Waals surface area contributed by atoms with Crippen molar-refractivity contribution in [3.05, 3.63) is 34.3 Å². The third-order valence-corrected chi connectivity index (χ3v) is 3.17. The summed E-state index contributed by atoms with van der Waals surface area (Å²) in [5, 5.41) is 12.7. The lowest BCUT2D eigenvalue weighted by molar-refractivity contribution is 0.0688. The van der Waals surface area contributed by atoms with E-state index in [0.717, 1.165) is 38.1 Å². The number of rotatable bonds is 10. The number of nitriles is 1. The summed E-state index contributed by atoms with van der Waals surface area (Å²) in [5.41, 5.74) is 1.61. The van der Waals surface area contributed by atoms with Crippen LogP contribution in [0.1, 0.15) is 24.0 Å². The minimum atomic E-state index is 0.590. The molecular weight excluding hydrogens is 276 g/mol. The van der Waals surface area contributed by atoms with Gasteiger partial charge in [0.25, 0.3) is 0 Å². The summed E-state index contributed by atoms with van der Waals surface area (Å²) >= 11 is 6.10. The highest BCUT2D eigenvalue weighted by Crippen LogP contribution is 2.17. The van der Waals surface area contributed by atoms with Gasteiger partial charge in [-0.25, -0.2) is 0 Å². The molecular formula is C15H21ClN2O2. The largest absolute Gasteiger partial charge is 0.382 e. The van der Waals surface area contributed by atoms with Crippen molar-refractivity contribution in [2.75, 3.05) is 33.5 Å². The van der Waals surface area contributed by atoms with E-state index in [9.17, 15) is 0 Å². The molecule has 0 aliphatic rings. The standard InChI is InChI=1S/C15H21ClN2O2/c1-19-8-9-20-7-3-2-6-18-12-14-5-4-13(11-17)10-15(14)16/h4-5,10,18H,2-3,6-9,12H2,1H3. The number of hydrogen-bond donors (Lipinski definition) is 1. The molecule has 1 aromatic rings. The highest BCUT2D eigenvalue weighted by atomic mass is 35.5. The molecule has 0 atom stereocenters. The molecule has 0 aromatic heterocycles. The van der Waals surface area contributed by atoms with Crippen molar-refractivity contribution in [1.29, 1.82) is 5.26 Å². The first kappa shape index (κ1) is 16.9. The second-order valence-electron chi connectivity index (χ2n) is 4.41. The van der Waals surface area contributed by atoms with Gasteiger partial charge in [-0.15, -0.1) is 0 Å². The molecule has 0 unspecified atom stereocenters. The molecule has 1 N–H and O–H groups in total. The first-order chi connectivity index (χ1) is 9.77. The number of unbranched alkanes of at least 4 members (excludes halogenated alkanes) is 1. The fraction of sp³-hybridized carbons (Fsp3) is 0.533. The van der Waals surface area contributed by atoms with Crippen LogP contribution >= 0.6 is 11.6 Å². The van der Waals surface area contributed by atoms with Gasteiger partial charge in [0.2, 0.25) is 0 Å². The second-order valence-corrected chi connectivity index (χ2v) is 4.81. The monoisotopic (exact) mass is 296 g/mol. The quantitative estimate of drug-likeness (QED) is 0.675. The van der Waals surface area contributed by atoms with Crippen LogP contribution in [0.3, 0.4) is 0 Å². The van der Waals surface area contributed by atoms with Gasteiger partial charge < -0.3 is 14.8 Å². The third-order valence-electron chi connectivity index (χ3n) is 2.82. The Morgan fingerprint density at radius 2 is 2.10 bits per heavy atom. The van der Waals surface area contributed by atoms with E-state index in [1.165, 1.54) is 0 Å². The van der Waals surface area contributed by atoms with Crippen LogP contribution in [-0.4, -0.2) is 33.5 Å². The number of methoxy groups -OCH3 is 1. The first-order valence-corrected chi connectivity index (χ1v) is 7.11. The SMILES string of the molecule is COCCOCCCCNCc1ccc(C#N)cc1Cl.